The van der Waals surface area contributed by atoms with Crippen LogP contribution in [-0.4, -0.2) is 25.7 Å². The van der Waals surface area contributed by atoms with Crippen molar-refractivity contribution in [1.82, 2.24) is 5.32 Å². The maximum atomic E-state index is 12.8. The van der Waals surface area contributed by atoms with Crippen LogP contribution in [-0.2, 0) is 15.7 Å². The molecule has 1 N–H and O–H groups in total. The molecule has 1 heterocycles. The zero-order chi connectivity index (χ0) is 15.5. The Morgan fingerprint density at radius 2 is 2.19 bits per heavy atom. The van der Waals surface area contributed by atoms with Crippen LogP contribution in [0.15, 0.2) is 24.3 Å². The third-order valence-corrected chi connectivity index (χ3v) is 3.71. The van der Waals surface area contributed by atoms with Gasteiger partial charge in [-0.3, -0.25) is 4.79 Å². The standard InChI is InChI=1S/C15H18F3NO2/c1-2-21-14(20)13-9-19-7-6-12(13)10-4-3-5-11(8-10)15(16,17)18/h3-5,8,12-13,19H,2,6-7,9H2,1H3/t12?,13-/m1/s1. The Hall–Kier alpha value is -1.56. The summed E-state index contributed by atoms with van der Waals surface area (Å²) >= 11 is 0. The number of ether oxygens (including phenoxy) is 1. The van der Waals surface area contributed by atoms with Crippen molar-refractivity contribution in [1.29, 1.82) is 0 Å². The fraction of sp³-hybridized carbons (Fsp3) is 0.533. The zero-order valence-electron chi connectivity index (χ0n) is 11.7. The SMILES string of the molecule is CCOC(=O)[C@@H]1CNCCC1c1cccc(C(F)(F)F)c1. The highest BCUT2D eigenvalue weighted by Crippen LogP contribution is 2.35. The van der Waals surface area contributed by atoms with Gasteiger partial charge < -0.3 is 10.1 Å². The molecule has 116 valence electrons. The Bertz CT molecular complexity index is 502. The molecule has 0 aliphatic carbocycles. The monoisotopic (exact) mass is 301 g/mol. The van der Waals surface area contributed by atoms with Gasteiger partial charge in [-0.2, -0.15) is 13.2 Å². The van der Waals surface area contributed by atoms with Crippen molar-refractivity contribution in [3.05, 3.63) is 35.4 Å². The van der Waals surface area contributed by atoms with Gasteiger partial charge in [0.25, 0.3) is 0 Å². The Labute approximate surface area is 121 Å². The van der Waals surface area contributed by atoms with Crippen LogP contribution in [0.5, 0.6) is 0 Å². The van der Waals surface area contributed by atoms with Crippen LogP contribution in [0.4, 0.5) is 13.2 Å². The molecule has 0 saturated carbocycles. The van der Waals surface area contributed by atoms with Crippen LogP contribution >= 0.6 is 0 Å². The van der Waals surface area contributed by atoms with E-state index >= 15 is 0 Å². The number of hydrogen-bond donors (Lipinski definition) is 1. The summed E-state index contributed by atoms with van der Waals surface area (Å²) in [4.78, 5) is 12.0. The molecule has 1 fully saturated rings. The van der Waals surface area contributed by atoms with E-state index < -0.39 is 17.7 Å². The van der Waals surface area contributed by atoms with E-state index in [2.05, 4.69) is 5.32 Å². The van der Waals surface area contributed by atoms with E-state index in [1.165, 1.54) is 6.07 Å². The summed E-state index contributed by atoms with van der Waals surface area (Å²) in [6.45, 7) is 3.09. The molecular formula is C15H18F3NO2. The predicted molar refractivity (Wildman–Crippen MR) is 71.8 cm³/mol. The van der Waals surface area contributed by atoms with E-state index in [1.54, 1.807) is 13.0 Å². The van der Waals surface area contributed by atoms with Crippen LogP contribution in [0, 0.1) is 5.92 Å². The highest BCUT2D eigenvalue weighted by atomic mass is 19.4. The lowest BCUT2D eigenvalue weighted by Crippen LogP contribution is -2.40. The molecule has 0 amide bonds. The lowest BCUT2D eigenvalue weighted by Gasteiger charge is -2.31. The van der Waals surface area contributed by atoms with Gasteiger partial charge in [0.2, 0.25) is 0 Å². The summed E-state index contributed by atoms with van der Waals surface area (Å²) in [5.41, 5.74) is -0.134. The molecule has 6 heteroatoms. The van der Waals surface area contributed by atoms with Crippen LogP contribution in [0.25, 0.3) is 0 Å². The third kappa shape index (κ3) is 3.75. The number of alkyl halides is 3. The average Bonchev–Trinajstić information content (AvgIpc) is 2.47. The number of carbonyl (C=O) groups excluding carboxylic acids is 1. The van der Waals surface area contributed by atoms with Crippen molar-refractivity contribution >= 4 is 5.97 Å². The van der Waals surface area contributed by atoms with Gasteiger partial charge in [0.05, 0.1) is 18.1 Å². The van der Waals surface area contributed by atoms with E-state index in [-0.39, 0.29) is 18.5 Å². The van der Waals surface area contributed by atoms with Gasteiger partial charge in [-0.05, 0) is 37.4 Å². The van der Waals surface area contributed by atoms with Gasteiger partial charge in [0.15, 0.2) is 0 Å². The van der Waals surface area contributed by atoms with Crippen molar-refractivity contribution in [2.75, 3.05) is 19.7 Å². The number of carbonyl (C=O) groups is 1. The normalized spacial score (nSPS) is 22.9. The fourth-order valence-corrected chi connectivity index (χ4v) is 2.70. The minimum absolute atomic E-state index is 0.243. The number of esters is 1. The highest BCUT2D eigenvalue weighted by molar-refractivity contribution is 5.74. The second-order valence-corrected chi connectivity index (χ2v) is 5.08. The zero-order valence-corrected chi connectivity index (χ0v) is 11.7. The molecule has 21 heavy (non-hydrogen) atoms. The van der Waals surface area contributed by atoms with Crippen molar-refractivity contribution in [2.45, 2.75) is 25.4 Å². The first-order chi connectivity index (χ1) is 9.93. The van der Waals surface area contributed by atoms with Crippen molar-refractivity contribution in [3.8, 4) is 0 Å². The molecule has 1 unspecified atom stereocenters. The molecule has 3 nitrogen and oxygen atoms in total. The van der Waals surface area contributed by atoms with Crippen LogP contribution in [0.2, 0.25) is 0 Å². The summed E-state index contributed by atoms with van der Waals surface area (Å²) < 4.78 is 43.5. The molecule has 0 bridgehead atoms. The molecule has 1 aliphatic rings. The Morgan fingerprint density at radius 3 is 2.86 bits per heavy atom. The van der Waals surface area contributed by atoms with Gasteiger partial charge >= 0.3 is 12.1 Å². The van der Waals surface area contributed by atoms with E-state index in [4.69, 9.17) is 4.74 Å². The lowest BCUT2D eigenvalue weighted by atomic mass is 9.80. The molecule has 2 rings (SSSR count). The molecule has 0 radical (unpaired) electrons. The molecule has 0 spiro atoms. The molecular weight excluding hydrogens is 283 g/mol. The Kier molecular flexibility index (Phi) is 4.88. The minimum atomic E-state index is -4.37. The molecule has 1 aromatic rings. The van der Waals surface area contributed by atoms with Gasteiger partial charge in [0, 0.05) is 6.54 Å². The van der Waals surface area contributed by atoms with Crippen LogP contribution in [0.3, 0.4) is 0 Å². The Morgan fingerprint density at radius 1 is 1.43 bits per heavy atom. The van der Waals surface area contributed by atoms with Gasteiger partial charge in [-0.15, -0.1) is 0 Å². The van der Waals surface area contributed by atoms with Gasteiger partial charge in [-0.25, -0.2) is 0 Å². The van der Waals surface area contributed by atoms with E-state index in [0.717, 1.165) is 12.1 Å². The highest BCUT2D eigenvalue weighted by Gasteiger charge is 2.35. The van der Waals surface area contributed by atoms with Gasteiger partial charge in [0.1, 0.15) is 0 Å². The van der Waals surface area contributed by atoms with Crippen LogP contribution < -0.4 is 5.32 Å². The summed E-state index contributed by atoms with van der Waals surface area (Å²) in [5, 5.41) is 3.10. The first-order valence-electron chi connectivity index (χ1n) is 6.98. The molecule has 2 atom stereocenters. The van der Waals surface area contributed by atoms with Gasteiger partial charge in [-0.1, -0.05) is 18.2 Å². The Balaban J connectivity index is 2.27. The second kappa shape index (κ2) is 6.47. The smallest absolute Gasteiger partial charge is 0.416 e. The molecule has 1 aliphatic heterocycles. The van der Waals surface area contributed by atoms with Crippen LogP contribution in [0.1, 0.15) is 30.4 Å². The van der Waals surface area contributed by atoms with Crippen molar-refractivity contribution in [3.63, 3.8) is 0 Å². The summed E-state index contributed by atoms with van der Waals surface area (Å²) in [7, 11) is 0. The first-order valence-corrected chi connectivity index (χ1v) is 6.98. The summed E-state index contributed by atoms with van der Waals surface area (Å²) in [6, 6.07) is 5.23. The topological polar surface area (TPSA) is 38.3 Å². The second-order valence-electron chi connectivity index (χ2n) is 5.08. The lowest BCUT2D eigenvalue weighted by molar-refractivity contribution is -0.149. The van der Waals surface area contributed by atoms with E-state index in [9.17, 15) is 18.0 Å². The van der Waals surface area contributed by atoms with E-state index in [0.29, 0.717) is 25.1 Å². The number of halogens is 3. The summed E-state index contributed by atoms with van der Waals surface area (Å²) in [6.07, 6.45) is -3.76. The molecule has 1 aromatic carbocycles. The largest absolute Gasteiger partial charge is 0.466 e. The van der Waals surface area contributed by atoms with Crippen molar-refractivity contribution < 1.29 is 22.7 Å². The third-order valence-electron chi connectivity index (χ3n) is 3.71. The quantitative estimate of drug-likeness (QED) is 0.872. The maximum Gasteiger partial charge on any atom is 0.416 e. The summed E-state index contributed by atoms with van der Waals surface area (Å²) in [5.74, 6) is -1.04. The number of piperidine rings is 1. The molecule has 1 saturated heterocycles. The number of benzene rings is 1. The average molecular weight is 301 g/mol. The number of hydrogen-bond acceptors (Lipinski definition) is 3. The first kappa shape index (κ1) is 15.8. The maximum absolute atomic E-state index is 12.8. The fourth-order valence-electron chi connectivity index (χ4n) is 2.70. The minimum Gasteiger partial charge on any atom is -0.466 e. The molecule has 0 aromatic heterocycles. The van der Waals surface area contributed by atoms with E-state index in [1.807, 2.05) is 0 Å². The number of nitrogens with one attached hydrogen (secondary N) is 1. The predicted octanol–water partition coefficient (Wildman–Crippen LogP) is 2.96. The number of rotatable bonds is 3. The van der Waals surface area contributed by atoms with Crippen molar-refractivity contribution in [2.24, 2.45) is 5.92 Å².